The van der Waals surface area contributed by atoms with E-state index in [9.17, 15) is 0 Å². The number of hydrogen-bond donors (Lipinski definition) is 1. The Kier molecular flexibility index (Phi) is 4.02. The maximum Gasteiger partial charge on any atom is 0.256 e. The summed E-state index contributed by atoms with van der Waals surface area (Å²) in [7, 11) is 1.78. The molecule has 0 saturated heterocycles. The highest BCUT2D eigenvalue weighted by atomic mass is 35.5. The van der Waals surface area contributed by atoms with Crippen LogP contribution < -0.4 is 5.73 Å². The fraction of sp³-hybridized carbons (Fsp3) is 0.133. The molecule has 0 aliphatic rings. The zero-order valence-corrected chi connectivity index (χ0v) is 14.7. The fourth-order valence-electron chi connectivity index (χ4n) is 2.47. The molecule has 3 heterocycles. The van der Waals surface area contributed by atoms with E-state index in [0.717, 1.165) is 16.4 Å². The van der Waals surface area contributed by atoms with Crippen LogP contribution in [0.1, 0.15) is 5.69 Å². The first-order chi connectivity index (χ1) is 12.1. The molecule has 0 radical (unpaired) electrons. The van der Waals surface area contributed by atoms with Crippen LogP contribution in [-0.2, 0) is 12.8 Å². The fourth-order valence-corrected chi connectivity index (χ4v) is 3.58. The molecule has 0 atom stereocenters. The van der Waals surface area contributed by atoms with Gasteiger partial charge < -0.3 is 5.73 Å². The maximum atomic E-state index is 6.31. The molecule has 0 bridgehead atoms. The molecule has 4 aromatic rings. The third kappa shape index (κ3) is 2.92. The number of nitrogens with zero attached hydrogens (tertiary/aromatic N) is 7. The maximum absolute atomic E-state index is 6.31. The minimum Gasteiger partial charge on any atom is -0.384 e. The first-order valence-corrected chi connectivity index (χ1v) is 8.74. The van der Waals surface area contributed by atoms with Gasteiger partial charge in [-0.1, -0.05) is 40.6 Å². The van der Waals surface area contributed by atoms with Crippen LogP contribution >= 0.6 is 23.4 Å². The normalized spacial score (nSPS) is 11.3. The summed E-state index contributed by atoms with van der Waals surface area (Å²) in [5.74, 6) is 1.66. The summed E-state index contributed by atoms with van der Waals surface area (Å²) >= 11 is 7.83. The summed E-state index contributed by atoms with van der Waals surface area (Å²) in [4.78, 5) is 8.99. The Balaban J connectivity index is 1.80. The number of para-hydroxylation sites is 1. The van der Waals surface area contributed by atoms with Crippen LogP contribution in [0.15, 0.2) is 41.6 Å². The quantitative estimate of drug-likeness (QED) is 0.549. The number of thioether (sulfide) groups is 1. The minimum absolute atomic E-state index is 0.493. The van der Waals surface area contributed by atoms with Gasteiger partial charge >= 0.3 is 0 Å². The predicted molar refractivity (Wildman–Crippen MR) is 96.6 cm³/mol. The molecule has 3 aromatic heterocycles. The van der Waals surface area contributed by atoms with Gasteiger partial charge in [0, 0.05) is 12.8 Å². The molecule has 0 aliphatic carbocycles. The van der Waals surface area contributed by atoms with Crippen LogP contribution in [0.5, 0.6) is 0 Å². The van der Waals surface area contributed by atoms with Crippen LogP contribution in [0.2, 0.25) is 5.02 Å². The smallest absolute Gasteiger partial charge is 0.256 e. The summed E-state index contributed by atoms with van der Waals surface area (Å²) < 4.78 is 3.48. The number of rotatable bonds is 4. The second-order valence-electron chi connectivity index (χ2n) is 5.28. The van der Waals surface area contributed by atoms with Gasteiger partial charge in [-0.15, -0.1) is 0 Å². The Labute approximate surface area is 152 Å². The SMILES string of the molecule is Cn1nnnc1-n1c(SCc2cccc(N)n2)nc2c(Cl)cccc21. The lowest BCUT2D eigenvalue weighted by Crippen LogP contribution is -2.05. The second-order valence-corrected chi connectivity index (χ2v) is 6.63. The van der Waals surface area contributed by atoms with Crippen molar-refractivity contribution in [1.82, 2.24) is 34.7 Å². The van der Waals surface area contributed by atoms with Crippen molar-refractivity contribution in [2.75, 3.05) is 5.73 Å². The summed E-state index contributed by atoms with van der Waals surface area (Å²) in [6.07, 6.45) is 0. The third-order valence-electron chi connectivity index (χ3n) is 3.58. The molecule has 10 heteroatoms. The van der Waals surface area contributed by atoms with E-state index in [4.69, 9.17) is 17.3 Å². The molecule has 8 nitrogen and oxygen atoms in total. The van der Waals surface area contributed by atoms with E-state index in [2.05, 4.69) is 25.5 Å². The van der Waals surface area contributed by atoms with Crippen molar-refractivity contribution < 1.29 is 0 Å². The summed E-state index contributed by atoms with van der Waals surface area (Å²) in [6.45, 7) is 0. The zero-order chi connectivity index (χ0) is 17.4. The molecule has 0 fully saturated rings. The highest BCUT2D eigenvalue weighted by Crippen LogP contribution is 2.31. The van der Waals surface area contributed by atoms with E-state index in [-0.39, 0.29) is 0 Å². The molecule has 4 rings (SSSR count). The van der Waals surface area contributed by atoms with Gasteiger partial charge in [-0.3, -0.25) is 4.57 Å². The monoisotopic (exact) mass is 372 g/mol. The van der Waals surface area contributed by atoms with Gasteiger partial charge in [0.25, 0.3) is 5.95 Å². The highest BCUT2D eigenvalue weighted by Gasteiger charge is 2.18. The molecule has 0 aliphatic heterocycles. The van der Waals surface area contributed by atoms with Crippen molar-refractivity contribution in [2.24, 2.45) is 7.05 Å². The van der Waals surface area contributed by atoms with E-state index >= 15 is 0 Å². The minimum atomic E-state index is 0.493. The second kappa shape index (κ2) is 6.34. The molecule has 0 unspecified atom stereocenters. The van der Waals surface area contributed by atoms with E-state index in [1.807, 2.05) is 34.9 Å². The third-order valence-corrected chi connectivity index (χ3v) is 4.86. The first kappa shape index (κ1) is 15.9. The van der Waals surface area contributed by atoms with Gasteiger partial charge in [0.05, 0.1) is 16.2 Å². The molecule has 2 N–H and O–H groups in total. The highest BCUT2D eigenvalue weighted by molar-refractivity contribution is 7.98. The van der Waals surface area contributed by atoms with Gasteiger partial charge in [-0.2, -0.15) is 0 Å². The Morgan fingerprint density at radius 2 is 2.00 bits per heavy atom. The largest absolute Gasteiger partial charge is 0.384 e. The van der Waals surface area contributed by atoms with Gasteiger partial charge in [-0.25, -0.2) is 14.6 Å². The van der Waals surface area contributed by atoms with E-state index in [1.165, 1.54) is 11.8 Å². The summed E-state index contributed by atoms with van der Waals surface area (Å²) in [5, 5.41) is 13.0. The Hall–Kier alpha value is -2.65. The lowest BCUT2D eigenvalue weighted by molar-refractivity contribution is 0.682. The number of imidazole rings is 1. The number of nitrogens with two attached hydrogens (primary N) is 1. The van der Waals surface area contributed by atoms with E-state index < -0.39 is 0 Å². The molecular weight excluding hydrogens is 360 g/mol. The van der Waals surface area contributed by atoms with Crippen molar-refractivity contribution in [3.05, 3.63) is 47.1 Å². The standard InChI is InChI=1S/C15H13ClN8S/c1-23-14(20-21-22-23)24-11-6-3-5-10(16)13(11)19-15(24)25-8-9-4-2-7-12(17)18-9/h2-7H,8H2,1H3,(H2,17,18). The average Bonchev–Trinajstić information content (AvgIpc) is 3.17. The topological polar surface area (TPSA) is 100 Å². The van der Waals surface area contributed by atoms with Gasteiger partial charge in [0.15, 0.2) is 5.16 Å². The lowest BCUT2D eigenvalue weighted by Gasteiger charge is -2.06. The van der Waals surface area contributed by atoms with Crippen LogP contribution in [0.4, 0.5) is 5.82 Å². The number of aromatic nitrogens is 7. The van der Waals surface area contributed by atoms with E-state index in [0.29, 0.717) is 28.1 Å². The molecule has 0 saturated carbocycles. The Bertz CT molecular complexity index is 1060. The molecular formula is C15H13ClN8S. The molecule has 25 heavy (non-hydrogen) atoms. The van der Waals surface area contributed by atoms with Crippen molar-refractivity contribution >= 4 is 40.2 Å². The number of fused-ring (bicyclic) bond motifs is 1. The zero-order valence-electron chi connectivity index (χ0n) is 13.2. The molecule has 0 spiro atoms. The van der Waals surface area contributed by atoms with Crippen molar-refractivity contribution in [2.45, 2.75) is 10.9 Å². The number of anilines is 1. The van der Waals surface area contributed by atoms with Crippen LogP contribution in [0.3, 0.4) is 0 Å². The van der Waals surface area contributed by atoms with Gasteiger partial charge in [0.1, 0.15) is 11.3 Å². The van der Waals surface area contributed by atoms with Gasteiger partial charge in [-0.05, 0) is 34.7 Å². The van der Waals surface area contributed by atoms with Crippen LogP contribution in [0, 0.1) is 0 Å². The predicted octanol–water partition coefficient (Wildman–Crippen LogP) is 2.47. The first-order valence-electron chi connectivity index (χ1n) is 7.37. The summed E-state index contributed by atoms with van der Waals surface area (Å²) in [5.41, 5.74) is 8.16. The number of aryl methyl sites for hydroxylation is 1. The van der Waals surface area contributed by atoms with Crippen molar-refractivity contribution in [3.63, 3.8) is 0 Å². The molecule has 126 valence electrons. The number of hydrogen-bond acceptors (Lipinski definition) is 7. The Morgan fingerprint density at radius 1 is 1.16 bits per heavy atom. The van der Waals surface area contributed by atoms with Crippen molar-refractivity contribution in [1.29, 1.82) is 0 Å². The summed E-state index contributed by atoms with van der Waals surface area (Å²) in [6, 6.07) is 11.2. The van der Waals surface area contributed by atoms with Crippen molar-refractivity contribution in [3.8, 4) is 5.95 Å². The van der Waals surface area contributed by atoms with Gasteiger partial charge in [0.2, 0.25) is 0 Å². The number of benzene rings is 1. The number of pyridine rings is 1. The van der Waals surface area contributed by atoms with Crippen LogP contribution in [0.25, 0.3) is 17.0 Å². The molecule has 1 aromatic carbocycles. The van der Waals surface area contributed by atoms with Crippen LogP contribution in [-0.4, -0.2) is 34.7 Å². The average molecular weight is 373 g/mol. The number of halogens is 1. The lowest BCUT2D eigenvalue weighted by atomic mass is 10.3. The number of tetrazole rings is 1. The number of nitrogen functional groups attached to an aromatic ring is 1. The van der Waals surface area contributed by atoms with E-state index in [1.54, 1.807) is 17.8 Å². The molecule has 0 amide bonds. The Morgan fingerprint density at radius 3 is 2.76 bits per heavy atom.